The molecule has 1 aromatic carbocycles. The van der Waals surface area contributed by atoms with Gasteiger partial charge in [0.2, 0.25) is 0 Å². The van der Waals surface area contributed by atoms with Gasteiger partial charge in [0, 0.05) is 31.4 Å². The van der Waals surface area contributed by atoms with Gasteiger partial charge in [0.1, 0.15) is 5.82 Å². The minimum Gasteiger partial charge on any atom is -0.493 e. The first-order valence-electron chi connectivity index (χ1n) is 6.07. The first kappa shape index (κ1) is 13.7. The monoisotopic (exact) mass is 280 g/mol. The minimum absolute atomic E-state index is 0.398. The predicted octanol–water partition coefficient (Wildman–Crippen LogP) is 2.79. The van der Waals surface area contributed by atoms with E-state index in [1.54, 1.807) is 13.3 Å². The largest absolute Gasteiger partial charge is 0.493 e. The molecule has 0 aliphatic rings. The summed E-state index contributed by atoms with van der Waals surface area (Å²) in [5.41, 5.74) is 0.931. The molecule has 4 nitrogen and oxygen atoms in total. The van der Waals surface area contributed by atoms with E-state index in [1.165, 1.54) is 0 Å². The SMILES string of the molecule is COc1cccc(CCl)c1OCCc1nccn1C. The van der Waals surface area contributed by atoms with E-state index in [4.69, 9.17) is 21.1 Å². The number of alkyl halides is 1. The molecule has 102 valence electrons. The van der Waals surface area contributed by atoms with Crippen LogP contribution in [0.4, 0.5) is 0 Å². The Bertz CT molecular complexity index is 518. The van der Waals surface area contributed by atoms with Crippen molar-refractivity contribution in [2.24, 2.45) is 7.05 Å². The smallest absolute Gasteiger partial charge is 0.165 e. The van der Waals surface area contributed by atoms with Crippen LogP contribution < -0.4 is 9.47 Å². The zero-order valence-electron chi connectivity index (χ0n) is 11.1. The highest BCUT2D eigenvalue weighted by atomic mass is 35.5. The number of aromatic nitrogens is 2. The molecule has 0 aliphatic carbocycles. The lowest BCUT2D eigenvalue weighted by molar-refractivity contribution is 0.292. The first-order chi connectivity index (χ1) is 9.26. The second-order valence-corrected chi connectivity index (χ2v) is 4.40. The highest BCUT2D eigenvalue weighted by Gasteiger charge is 2.10. The van der Waals surface area contributed by atoms with Crippen LogP contribution in [0.25, 0.3) is 0 Å². The fraction of sp³-hybridized carbons (Fsp3) is 0.357. The second-order valence-electron chi connectivity index (χ2n) is 4.13. The van der Waals surface area contributed by atoms with Crippen LogP contribution in [0.15, 0.2) is 30.6 Å². The van der Waals surface area contributed by atoms with Crippen LogP contribution in [-0.4, -0.2) is 23.3 Å². The molecule has 0 atom stereocenters. The van der Waals surface area contributed by atoms with Gasteiger partial charge in [-0.2, -0.15) is 0 Å². The van der Waals surface area contributed by atoms with Gasteiger partial charge in [-0.05, 0) is 6.07 Å². The van der Waals surface area contributed by atoms with E-state index in [0.717, 1.165) is 17.8 Å². The maximum Gasteiger partial charge on any atom is 0.165 e. The number of halogens is 1. The standard InChI is InChI=1S/C14H17ClN2O2/c1-17-8-7-16-13(17)6-9-19-14-11(10-15)4-3-5-12(14)18-2/h3-5,7-8H,6,9-10H2,1-2H3. The van der Waals surface area contributed by atoms with E-state index in [2.05, 4.69) is 4.98 Å². The molecule has 2 rings (SSSR count). The molecule has 0 saturated carbocycles. The van der Waals surface area contributed by atoms with E-state index in [9.17, 15) is 0 Å². The van der Waals surface area contributed by atoms with Crippen LogP contribution in [0.1, 0.15) is 11.4 Å². The third kappa shape index (κ3) is 3.20. The molecule has 0 radical (unpaired) electrons. The van der Waals surface area contributed by atoms with Gasteiger partial charge >= 0.3 is 0 Å². The van der Waals surface area contributed by atoms with Crippen LogP contribution >= 0.6 is 11.6 Å². The molecule has 1 aromatic heterocycles. The third-order valence-corrected chi connectivity index (χ3v) is 3.21. The molecule has 0 fully saturated rings. The molecule has 0 N–H and O–H groups in total. The van der Waals surface area contributed by atoms with Crippen LogP contribution in [0.2, 0.25) is 0 Å². The highest BCUT2D eigenvalue weighted by molar-refractivity contribution is 6.17. The van der Waals surface area contributed by atoms with Gasteiger partial charge in [0.15, 0.2) is 11.5 Å². The van der Waals surface area contributed by atoms with Gasteiger partial charge in [-0.15, -0.1) is 11.6 Å². The van der Waals surface area contributed by atoms with Crippen LogP contribution in [-0.2, 0) is 19.3 Å². The molecule has 0 unspecified atom stereocenters. The molecule has 0 amide bonds. The summed E-state index contributed by atoms with van der Waals surface area (Å²) in [6, 6.07) is 5.71. The Kier molecular flexibility index (Phi) is 4.68. The second kappa shape index (κ2) is 6.48. The molecular formula is C14H17ClN2O2. The molecule has 0 aliphatic heterocycles. The lowest BCUT2D eigenvalue weighted by atomic mass is 10.2. The Balaban J connectivity index is 2.04. The molecule has 19 heavy (non-hydrogen) atoms. The highest BCUT2D eigenvalue weighted by Crippen LogP contribution is 2.32. The summed E-state index contributed by atoms with van der Waals surface area (Å²) in [6.07, 6.45) is 4.44. The zero-order valence-corrected chi connectivity index (χ0v) is 11.9. The van der Waals surface area contributed by atoms with Crippen LogP contribution in [0.5, 0.6) is 11.5 Å². The zero-order chi connectivity index (χ0) is 13.7. The molecular weight excluding hydrogens is 264 g/mol. The summed E-state index contributed by atoms with van der Waals surface area (Å²) in [5, 5.41) is 0. The quantitative estimate of drug-likeness (QED) is 0.764. The van der Waals surface area contributed by atoms with Crippen molar-refractivity contribution in [3.05, 3.63) is 42.0 Å². The summed E-state index contributed by atoms with van der Waals surface area (Å²) in [4.78, 5) is 4.26. The maximum atomic E-state index is 5.91. The number of hydrogen-bond donors (Lipinski definition) is 0. The lowest BCUT2D eigenvalue weighted by Crippen LogP contribution is -2.08. The van der Waals surface area contributed by atoms with Crippen LogP contribution in [0, 0.1) is 0 Å². The van der Waals surface area contributed by atoms with Gasteiger partial charge < -0.3 is 14.0 Å². The van der Waals surface area contributed by atoms with E-state index >= 15 is 0 Å². The van der Waals surface area contributed by atoms with Gasteiger partial charge in [0.25, 0.3) is 0 Å². The number of imidazole rings is 1. The van der Waals surface area contributed by atoms with E-state index in [0.29, 0.717) is 24.0 Å². The Hall–Kier alpha value is -1.68. The van der Waals surface area contributed by atoms with Crippen molar-refractivity contribution in [1.29, 1.82) is 0 Å². The maximum absolute atomic E-state index is 5.91. The lowest BCUT2D eigenvalue weighted by Gasteiger charge is -2.13. The number of methoxy groups -OCH3 is 1. The fourth-order valence-electron chi connectivity index (χ4n) is 1.87. The predicted molar refractivity (Wildman–Crippen MR) is 75.0 cm³/mol. The molecule has 1 heterocycles. The molecule has 0 bridgehead atoms. The number of benzene rings is 1. The number of ether oxygens (including phenoxy) is 2. The number of rotatable bonds is 6. The Morgan fingerprint density at radius 2 is 2.21 bits per heavy atom. The Morgan fingerprint density at radius 1 is 1.37 bits per heavy atom. The van der Waals surface area contributed by atoms with Crippen molar-refractivity contribution in [2.45, 2.75) is 12.3 Å². The van der Waals surface area contributed by atoms with Gasteiger partial charge in [-0.25, -0.2) is 4.98 Å². The van der Waals surface area contributed by atoms with Gasteiger partial charge in [-0.3, -0.25) is 0 Å². The number of para-hydroxylation sites is 1. The van der Waals surface area contributed by atoms with E-state index in [1.807, 2.05) is 36.0 Å². The Morgan fingerprint density at radius 3 is 2.84 bits per heavy atom. The van der Waals surface area contributed by atoms with Crippen molar-refractivity contribution >= 4 is 11.6 Å². The Labute approximate surface area is 117 Å². The summed E-state index contributed by atoms with van der Waals surface area (Å²) in [6.45, 7) is 0.537. The van der Waals surface area contributed by atoms with Crippen LogP contribution in [0.3, 0.4) is 0 Å². The van der Waals surface area contributed by atoms with Crippen molar-refractivity contribution in [2.75, 3.05) is 13.7 Å². The fourth-order valence-corrected chi connectivity index (χ4v) is 2.08. The summed E-state index contributed by atoms with van der Waals surface area (Å²) >= 11 is 5.91. The molecule has 0 saturated heterocycles. The van der Waals surface area contributed by atoms with Crippen molar-refractivity contribution in [1.82, 2.24) is 9.55 Å². The van der Waals surface area contributed by atoms with Gasteiger partial charge in [0.05, 0.1) is 19.6 Å². The van der Waals surface area contributed by atoms with E-state index < -0.39 is 0 Å². The van der Waals surface area contributed by atoms with Crippen molar-refractivity contribution < 1.29 is 9.47 Å². The average Bonchev–Trinajstić information content (AvgIpc) is 2.84. The number of hydrogen-bond acceptors (Lipinski definition) is 3. The molecule has 2 aromatic rings. The summed E-state index contributed by atoms with van der Waals surface area (Å²) in [5.74, 6) is 2.81. The summed E-state index contributed by atoms with van der Waals surface area (Å²) in [7, 11) is 3.59. The van der Waals surface area contributed by atoms with E-state index in [-0.39, 0.29) is 0 Å². The average molecular weight is 281 g/mol. The first-order valence-corrected chi connectivity index (χ1v) is 6.60. The normalized spacial score (nSPS) is 10.5. The van der Waals surface area contributed by atoms with Crippen molar-refractivity contribution in [3.8, 4) is 11.5 Å². The molecule has 0 spiro atoms. The number of aryl methyl sites for hydroxylation is 1. The summed E-state index contributed by atoms with van der Waals surface area (Å²) < 4.78 is 13.1. The minimum atomic E-state index is 0.398. The van der Waals surface area contributed by atoms with Gasteiger partial charge in [-0.1, -0.05) is 12.1 Å². The van der Waals surface area contributed by atoms with Crippen molar-refractivity contribution in [3.63, 3.8) is 0 Å². The number of nitrogens with zero attached hydrogens (tertiary/aromatic N) is 2. The third-order valence-electron chi connectivity index (χ3n) is 2.92. The topological polar surface area (TPSA) is 36.3 Å². The molecule has 5 heteroatoms.